The van der Waals surface area contributed by atoms with Crippen LogP contribution in [0, 0.1) is 13.8 Å². The summed E-state index contributed by atoms with van der Waals surface area (Å²) in [6.45, 7) is 3.20. The maximum absolute atomic E-state index is 13.5. The van der Waals surface area contributed by atoms with Crippen LogP contribution < -0.4 is 11.1 Å². The molecule has 0 aliphatic carbocycles. The molecule has 0 unspecified atom stereocenters. The number of imidazole rings is 1. The molecule has 0 aliphatic heterocycles. The first-order valence-electron chi connectivity index (χ1n) is 11.2. The van der Waals surface area contributed by atoms with Gasteiger partial charge in [0, 0.05) is 34.1 Å². The molecule has 9 heteroatoms. The molecule has 3 N–H and O–H groups in total. The molecule has 2 aromatic carbocycles. The molecule has 0 atom stereocenters. The molecule has 7 nitrogen and oxygen atoms in total. The fraction of sp³-hybridized carbons (Fsp3) is 0.111. The van der Waals surface area contributed by atoms with Crippen molar-refractivity contribution in [3.8, 4) is 5.69 Å². The first-order valence-corrected chi connectivity index (χ1v) is 12.1. The number of alkyl halides is 1. The Bertz CT molecular complexity index is 1620. The van der Waals surface area contributed by atoms with E-state index in [1.54, 1.807) is 29.1 Å². The van der Waals surface area contributed by atoms with E-state index in [0.29, 0.717) is 28.3 Å². The fourth-order valence-electron chi connectivity index (χ4n) is 3.88. The molecule has 180 valence electrons. The zero-order valence-electron chi connectivity index (χ0n) is 19.7. The van der Waals surface area contributed by atoms with Crippen molar-refractivity contribution < 1.29 is 9.18 Å². The fourth-order valence-corrected chi connectivity index (χ4v) is 4.77. The predicted molar refractivity (Wildman–Crippen MR) is 143 cm³/mol. The van der Waals surface area contributed by atoms with Crippen LogP contribution in [0.4, 0.5) is 15.9 Å². The number of aryl methyl sites for hydroxylation is 2. The SMILES string of the molecule is Cc1cn(-c2cc(CF)cc(C(=O)Nc3ccc(C)c(/C=C/c4csc5c(N)ncnc45)c3)c2)cn1. The van der Waals surface area contributed by atoms with E-state index < -0.39 is 6.67 Å². The summed E-state index contributed by atoms with van der Waals surface area (Å²) in [5, 5.41) is 4.93. The molecule has 0 saturated carbocycles. The van der Waals surface area contributed by atoms with E-state index in [9.17, 15) is 9.18 Å². The zero-order chi connectivity index (χ0) is 25.2. The summed E-state index contributed by atoms with van der Waals surface area (Å²) in [6, 6.07) is 10.7. The molecular weight excluding hydrogens is 475 g/mol. The van der Waals surface area contributed by atoms with Gasteiger partial charge in [0.25, 0.3) is 5.91 Å². The summed E-state index contributed by atoms with van der Waals surface area (Å²) in [6.07, 6.45) is 8.89. The van der Waals surface area contributed by atoms with Gasteiger partial charge in [0.2, 0.25) is 0 Å². The summed E-state index contributed by atoms with van der Waals surface area (Å²) in [4.78, 5) is 25.7. The molecule has 0 spiro atoms. The van der Waals surface area contributed by atoms with Gasteiger partial charge < -0.3 is 15.6 Å². The highest BCUT2D eigenvalue weighted by atomic mass is 32.1. The summed E-state index contributed by atoms with van der Waals surface area (Å²) in [5.74, 6) is 0.145. The van der Waals surface area contributed by atoms with Crippen molar-refractivity contribution in [1.82, 2.24) is 19.5 Å². The van der Waals surface area contributed by atoms with Crippen LogP contribution in [0.1, 0.15) is 38.3 Å². The number of hydrogen-bond donors (Lipinski definition) is 2. The van der Waals surface area contributed by atoms with Crippen LogP contribution in [-0.2, 0) is 6.67 Å². The van der Waals surface area contributed by atoms with Gasteiger partial charge >= 0.3 is 0 Å². The molecular formula is C27H23FN6OS. The van der Waals surface area contributed by atoms with Gasteiger partial charge in [0.05, 0.1) is 22.2 Å². The lowest BCUT2D eigenvalue weighted by molar-refractivity contribution is 0.102. The summed E-state index contributed by atoms with van der Waals surface area (Å²) in [7, 11) is 0. The molecule has 3 heterocycles. The lowest BCUT2D eigenvalue weighted by Gasteiger charge is -2.11. The first kappa shape index (κ1) is 23.4. The number of halogens is 1. The zero-order valence-corrected chi connectivity index (χ0v) is 20.5. The Kier molecular flexibility index (Phi) is 6.30. The number of nitrogens with one attached hydrogen (secondary N) is 1. The number of carbonyl (C=O) groups excluding carboxylic acids is 1. The van der Waals surface area contributed by atoms with E-state index in [-0.39, 0.29) is 5.91 Å². The molecule has 0 radical (unpaired) electrons. The highest BCUT2D eigenvalue weighted by Gasteiger charge is 2.12. The number of anilines is 2. The Balaban J connectivity index is 1.40. The van der Waals surface area contributed by atoms with E-state index in [1.165, 1.54) is 17.7 Å². The third kappa shape index (κ3) is 4.73. The predicted octanol–water partition coefficient (Wildman–Crippen LogP) is 5.97. The molecule has 1 amide bonds. The standard InChI is InChI=1S/C27H23FN6OS/c1-16-3-6-22(9-19(16)4-5-20-13-36-25-24(20)30-14-31-26(25)29)33-27(35)21-7-18(11-28)8-23(10-21)34-12-17(2)32-15-34/h3-10,12-15H,11H2,1-2H3,(H,33,35)(H2,29,30,31)/b5-4+. The minimum absolute atomic E-state index is 0.321. The van der Waals surface area contributed by atoms with Crippen molar-refractivity contribution >= 4 is 51.1 Å². The Morgan fingerprint density at radius 2 is 1.94 bits per heavy atom. The number of nitrogen functional groups attached to an aromatic ring is 1. The summed E-state index contributed by atoms with van der Waals surface area (Å²) < 4.78 is 16.2. The number of rotatable bonds is 6. The lowest BCUT2D eigenvalue weighted by atomic mass is 10.1. The van der Waals surface area contributed by atoms with Gasteiger partial charge in [-0.05, 0) is 60.9 Å². The largest absolute Gasteiger partial charge is 0.382 e. The van der Waals surface area contributed by atoms with Crippen LogP contribution in [0.15, 0.2) is 60.6 Å². The number of thiophene rings is 1. The molecule has 3 aromatic heterocycles. The van der Waals surface area contributed by atoms with Crippen molar-refractivity contribution in [2.45, 2.75) is 20.5 Å². The van der Waals surface area contributed by atoms with Crippen LogP contribution in [0.25, 0.3) is 28.1 Å². The topological polar surface area (TPSA) is 98.7 Å². The van der Waals surface area contributed by atoms with Crippen LogP contribution in [-0.4, -0.2) is 25.4 Å². The van der Waals surface area contributed by atoms with Crippen molar-refractivity contribution in [1.29, 1.82) is 0 Å². The maximum atomic E-state index is 13.5. The van der Waals surface area contributed by atoms with E-state index in [2.05, 4.69) is 20.3 Å². The second-order valence-corrected chi connectivity index (χ2v) is 9.31. The van der Waals surface area contributed by atoms with Gasteiger partial charge in [-0.3, -0.25) is 4.79 Å². The molecule has 5 aromatic rings. The Morgan fingerprint density at radius 3 is 2.72 bits per heavy atom. The second-order valence-electron chi connectivity index (χ2n) is 8.43. The van der Waals surface area contributed by atoms with Crippen molar-refractivity contribution in [3.63, 3.8) is 0 Å². The van der Waals surface area contributed by atoms with Gasteiger partial charge in [-0.2, -0.15) is 0 Å². The number of amides is 1. The normalized spacial score (nSPS) is 11.4. The van der Waals surface area contributed by atoms with E-state index in [0.717, 1.165) is 32.6 Å². The van der Waals surface area contributed by atoms with Gasteiger partial charge in [0.15, 0.2) is 0 Å². The Labute approximate surface area is 211 Å². The van der Waals surface area contributed by atoms with Gasteiger partial charge in [-0.1, -0.05) is 18.2 Å². The molecule has 0 fully saturated rings. The number of benzene rings is 2. The van der Waals surface area contributed by atoms with E-state index in [1.807, 2.05) is 55.8 Å². The number of fused-ring (bicyclic) bond motifs is 1. The maximum Gasteiger partial charge on any atom is 0.255 e. The quantitative estimate of drug-likeness (QED) is 0.301. The van der Waals surface area contributed by atoms with Crippen molar-refractivity contribution in [3.05, 3.63) is 94.1 Å². The molecule has 0 bridgehead atoms. The molecule has 0 aliphatic rings. The van der Waals surface area contributed by atoms with Gasteiger partial charge in [0.1, 0.15) is 18.8 Å². The van der Waals surface area contributed by atoms with E-state index >= 15 is 0 Å². The average Bonchev–Trinajstić information content (AvgIpc) is 3.51. The molecule has 36 heavy (non-hydrogen) atoms. The van der Waals surface area contributed by atoms with Gasteiger partial charge in [-0.25, -0.2) is 19.3 Å². The van der Waals surface area contributed by atoms with Crippen LogP contribution in [0.5, 0.6) is 0 Å². The number of nitrogens with zero attached hydrogens (tertiary/aromatic N) is 4. The number of nitrogens with two attached hydrogens (primary N) is 1. The summed E-state index contributed by atoms with van der Waals surface area (Å²) in [5.41, 5.74) is 12.6. The Morgan fingerprint density at radius 1 is 1.11 bits per heavy atom. The van der Waals surface area contributed by atoms with E-state index in [4.69, 9.17) is 5.73 Å². The summed E-state index contributed by atoms with van der Waals surface area (Å²) >= 11 is 1.50. The highest BCUT2D eigenvalue weighted by Crippen LogP contribution is 2.29. The minimum atomic E-state index is -0.672. The van der Waals surface area contributed by atoms with Crippen molar-refractivity contribution in [2.75, 3.05) is 11.1 Å². The second kappa shape index (κ2) is 9.71. The average molecular weight is 499 g/mol. The first-order chi connectivity index (χ1) is 17.4. The minimum Gasteiger partial charge on any atom is -0.382 e. The number of hydrogen-bond acceptors (Lipinski definition) is 6. The Hall–Kier alpha value is -4.37. The number of carbonyl (C=O) groups is 1. The third-order valence-corrected chi connectivity index (χ3v) is 6.80. The lowest BCUT2D eigenvalue weighted by Crippen LogP contribution is -2.13. The third-order valence-electron chi connectivity index (χ3n) is 5.79. The van der Waals surface area contributed by atoms with Crippen molar-refractivity contribution in [2.24, 2.45) is 0 Å². The smallest absolute Gasteiger partial charge is 0.255 e. The van der Waals surface area contributed by atoms with Gasteiger partial charge in [-0.15, -0.1) is 11.3 Å². The number of aromatic nitrogens is 4. The monoisotopic (exact) mass is 498 g/mol. The van der Waals surface area contributed by atoms with Crippen LogP contribution in [0.2, 0.25) is 0 Å². The molecule has 5 rings (SSSR count). The highest BCUT2D eigenvalue weighted by molar-refractivity contribution is 7.18. The van der Waals surface area contributed by atoms with Crippen LogP contribution >= 0.6 is 11.3 Å². The van der Waals surface area contributed by atoms with Crippen LogP contribution in [0.3, 0.4) is 0 Å². The molecule has 0 saturated heterocycles.